The molecule has 1 heterocycles. The average Bonchev–Trinajstić information content (AvgIpc) is 2.98. The first-order chi connectivity index (χ1) is 7.29. The van der Waals surface area contributed by atoms with Gasteiger partial charge in [0.2, 0.25) is 0 Å². The first-order valence-corrected chi connectivity index (χ1v) is 6.28. The van der Waals surface area contributed by atoms with Crippen LogP contribution in [0.4, 0.5) is 0 Å². The molecule has 2 aliphatic rings. The highest BCUT2D eigenvalue weighted by atomic mass is 16.5. The van der Waals surface area contributed by atoms with Crippen LogP contribution in [-0.4, -0.2) is 49.8 Å². The van der Waals surface area contributed by atoms with Crippen molar-refractivity contribution in [3.63, 3.8) is 0 Å². The number of rotatable bonds is 6. The van der Waals surface area contributed by atoms with Crippen molar-refractivity contribution in [2.45, 2.75) is 50.7 Å². The molecule has 1 saturated heterocycles. The fourth-order valence-electron chi connectivity index (χ4n) is 2.48. The molecule has 1 N–H and O–H groups in total. The van der Waals surface area contributed by atoms with Gasteiger partial charge in [0, 0.05) is 44.9 Å². The number of likely N-dealkylation sites (tertiary alicyclic amines) is 1. The molecule has 2 rings (SSSR count). The molecule has 15 heavy (non-hydrogen) atoms. The Kier molecular flexibility index (Phi) is 4.00. The third-order valence-corrected chi connectivity index (χ3v) is 3.56. The Bertz CT molecular complexity index is 194. The van der Waals surface area contributed by atoms with Crippen molar-refractivity contribution in [2.24, 2.45) is 0 Å². The Labute approximate surface area is 93.2 Å². The molecule has 0 aromatic heterocycles. The molecule has 2 unspecified atom stereocenters. The van der Waals surface area contributed by atoms with Crippen LogP contribution in [0.3, 0.4) is 0 Å². The van der Waals surface area contributed by atoms with Crippen LogP contribution >= 0.6 is 0 Å². The highest BCUT2D eigenvalue weighted by Gasteiger charge is 2.34. The molecule has 0 aromatic rings. The molecule has 3 nitrogen and oxygen atoms in total. The molecular formula is C12H24N2O. The minimum absolute atomic E-state index is 0.592. The number of nitrogens with zero attached hydrogens (tertiary/aromatic N) is 1. The minimum atomic E-state index is 0.592. The van der Waals surface area contributed by atoms with E-state index in [0.29, 0.717) is 6.04 Å². The van der Waals surface area contributed by atoms with Gasteiger partial charge in [-0.05, 0) is 32.6 Å². The summed E-state index contributed by atoms with van der Waals surface area (Å²) in [5, 5.41) is 3.70. The van der Waals surface area contributed by atoms with Crippen LogP contribution in [0, 0.1) is 0 Å². The molecule has 2 fully saturated rings. The van der Waals surface area contributed by atoms with Crippen molar-refractivity contribution in [3.8, 4) is 0 Å². The van der Waals surface area contributed by atoms with E-state index in [2.05, 4.69) is 17.1 Å². The maximum atomic E-state index is 5.10. The molecular weight excluding hydrogens is 188 g/mol. The number of nitrogens with one attached hydrogen (secondary N) is 1. The van der Waals surface area contributed by atoms with E-state index < -0.39 is 0 Å². The Balaban J connectivity index is 1.62. The van der Waals surface area contributed by atoms with Crippen molar-refractivity contribution in [2.75, 3.05) is 26.8 Å². The van der Waals surface area contributed by atoms with Gasteiger partial charge in [0.15, 0.2) is 0 Å². The van der Waals surface area contributed by atoms with Crippen molar-refractivity contribution in [1.82, 2.24) is 10.2 Å². The lowest BCUT2D eigenvalue weighted by molar-refractivity contribution is 0.182. The van der Waals surface area contributed by atoms with Crippen molar-refractivity contribution < 1.29 is 4.74 Å². The molecule has 2 atom stereocenters. The second-order valence-electron chi connectivity index (χ2n) is 5.06. The molecule has 88 valence electrons. The quantitative estimate of drug-likeness (QED) is 0.717. The SMILES string of the molecule is COCCC(C)NC1CCN(C2CC2)C1. The topological polar surface area (TPSA) is 24.5 Å². The summed E-state index contributed by atoms with van der Waals surface area (Å²) in [4.78, 5) is 2.65. The zero-order valence-corrected chi connectivity index (χ0v) is 10.0. The molecule has 1 aliphatic carbocycles. The summed E-state index contributed by atoms with van der Waals surface area (Å²) in [6.07, 6.45) is 5.32. The van der Waals surface area contributed by atoms with E-state index in [1.807, 2.05) is 0 Å². The van der Waals surface area contributed by atoms with E-state index in [1.165, 1.54) is 32.4 Å². The predicted molar refractivity (Wildman–Crippen MR) is 62.1 cm³/mol. The van der Waals surface area contributed by atoms with Crippen molar-refractivity contribution in [1.29, 1.82) is 0 Å². The number of methoxy groups -OCH3 is 1. The van der Waals surface area contributed by atoms with Crippen molar-refractivity contribution >= 4 is 0 Å². The second kappa shape index (κ2) is 5.28. The third kappa shape index (κ3) is 3.44. The van der Waals surface area contributed by atoms with Crippen LogP contribution in [0.25, 0.3) is 0 Å². The highest BCUT2D eigenvalue weighted by molar-refractivity contribution is 4.92. The molecule has 0 bridgehead atoms. The predicted octanol–water partition coefficient (Wildman–Crippen LogP) is 1.24. The standard InChI is InChI=1S/C12H24N2O/c1-10(6-8-15-2)13-11-5-7-14(9-11)12-3-4-12/h10-13H,3-9H2,1-2H3. The maximum absolute atomic E-state index is 5.10. The molecule has 0 radical (unpaired) electrons. The largest absolute Gasteiger partial charge is 0.385 e. The monoisotopic (exact) mass is 212 g/mol. The van der Waals surface area contributed by atoms with Gasteiger partial charge in [-0.25, -0.2) is 0 Å². The van der Waals surface area contributed by atoms with E-state index in [-0.39, 0.29) is 0 Å². The van der Waals surface area contributed by atoms with Crippen LogP contribution in [0.15, 0.2) is 0 Å². The molecule has 1 saturated carbocycles. The van der Waals surface area contributed by atoms with Gasteiger partial charge < -0.3 is 10.1 Å². The van der Waals surface area contributed by atoms with E-state index in [4.69, 9.17) is 4.74 Å². The molecule has 0 aromatic carbocycles. The fraction of sp³-hybridized carbons (Fsp3) is 1.00. The van der Waals surface area contributed by atoms with Gasteiger partial charge in [-0.1, -0.05) is 0 Å². The lowest BCUT2D eigenvalue weighted by Gasteiger charge is -2.20. The van der Waals surface area contributed by atoms with Gasteiger partial charge in [-0.15, -0.1) is 0 Å². The van der Waals surface area contributed by atoms with E-state index >= 15 is 0 Å². The highest BCUT2D eigenvalue weighted by Crippen LogP contribution is 2.29. The van der Waals surface area contributed by atoms with E-state index in [0.717, 1.165) is 25.1 Å². The zero-order chi connectivity index (χ0) is 10.7. The summed E-state index contributed by atoms with van der Waals surface area (Å²) in [5.41, 5.74) is 0. The molecule has 1 aliphatic heterocycles. The number of ether oxygens (including phenoxy) is 1. The van der Waals surface area contributed by atoms with Gasteiger partial charge in [0.05, 0.1) is 0 Å². The molecule has 0 amide bonds. The van der Waals surface area contributed by atoms with Crippen LogP contribution in [-0.2, 0) is 4.74 Å². The fourth-order valence-corrected chi connectivity index (χ4v) is 2.48. The van der Waals surface area contributed by atoms with Crippen LogP contribution in [0.5, 0.6) is 0 Å². The van der Waals surface area contributed by atoms with Gasteiger partial charge in [-0.2, -0.15) is 0 Å². The Hall–Kier alpha value is -0.120. The number of hydrogen-bond donors (Lipinski definition) is 1. The smallest absolute Gasteiger partial charge is 0.0476 e. The van der Waals surface area contributed by atoms with Crippen LogP contribution < -0.4 is 5.32 Å². The van der Waals surface area contributed by atoms with Gasteiger partial charge in [0.1, 0.15) is 0 Å². The van der Waals surface area contributed by atoms with E-state index in [1.54, 1.807) is 7.11 Å². The summed E-state index contributed by atoms with van der Waals surface area (Å²) in [6, 6.07) is 2.25. The van der Waals surface area contributed by atoms with Crippen LogP contribution in [0.2, 0.25) is 0 Å². The van der Waals surface area contributed by atoms with Gasteiger partial charge in [0.25, 0.3) is 0 Å². The lowest BCUT2D eigenvalue weighted by atomic mass is 10.2. The summed E-state index contributed by atoms with van der Waals surface area (Å²) < 4.78 is 5.10. The second-order valence-corrected chi connectivity index (χ2v) is 5.06. The summed E-state index contributed by atoms with van der Waals surface area (Å²) in [7, 11) is 1.77. The minimum Gasteiger partial charge on any atom is -0.385 e. The summed E-state index contributed by atoms with van der Waals surface area (Å²) in [6.45, 7) is 5.70. The van der Waals surface area contributed by atoms with Crippen LogP contribution in [0.1, 0.15) is 32.6 Å². The first kappa shape index (κ1) is 11.4. The van der Waals surface area contributed by atoms with Gasteiger partial charge in [-0.3, -0.25) is 4.90 Å². The van der Waals surface area contributed by atoms with Crippen molar-refractivity contribution in [3.05, 3.63) is 0 Å². The maximum Gasteiger partial charge on any atom is 0.0476 e. The Morgan fingerprint density at radius 1 is 1.40 bits per heavy atom. The summed E-state index contributed by atoms with van der Waals surface area (Å²) >= 11 is 0. The van der Waals surface area contributed by atoms with E-state index in [9.17, 15) is 0 Å². The Morgan fingerprint density at radius 3 is 2.87 bits per heavy atom. The molecule has 0 spiro atoms. The first-order valence-electron chi connectivity index (χ1n) is 6.28. The normalized spacial score (nSPS) is 29.6. The summed E-state index contributed by atoms with van der Waals surface area (Å²) in [5.74, 6) is 0. The third-order valence-electron chi connectivity index (χ3n) is 3.56. The van der Waals surface area contributed by atoms with Gasteiger partial charge >= 0.3 is 0 Å². The Morgan fingerprint density at radius 2 is 2.20 bits per heavy atom. The molecule has 3 heteroatoms. The lowest BCUT2D eigenvalue weighted by Crippen LogP contribution is -2.39. The zero-order valence-electron chi connectivity index (χ0n) is 10.0. The average molecular weight is 212 g/mol. The number of hydrogen-bond acceptors (Lipinski definition) is 3.